The van der Waals surface area contributed by atoms with E-state index in [1.54, 1.807) is 30.6 Å². The largest absolute Gasteiger partial charge is 0.324 e. The Balaban J connectivity index is 1.61. The molecule has 0 aliphatic heterocycles. The standard InChI is InChI=1S/C23H17ClN6OS/c1-15-5-2-3-7-20(15)30-22(17-6-4-10-26-13-17)28-29-23(30)32-14-21(31)27-19-11-18(24)9-8-16(19)12-25/h2-11,13H,14H2,1H3,(H,27,31). The van der Waals surface area contributed by atoms with Crippen molar-refractivity contribution >= 4 is 35.0 Å². The molecule has 0 aliphatic carbocycles. The number of aryl methyl sites for hydroxylation is 1. The Kier molecular flexibility index (Phi) is 6.50. The Bertz CT molecular complexity index is 1320. The molecular formula is C23H17ClN6OS. The van der Waals surface area contributed by atoms with Gasteiger partial charge in [-0.2, -0.15) is 5.26 Å². The third kappa shape index (κ3) is 4.64. The van der Waals surface area contributed by atoms with Crippen molar-refractivity contribution in [2.24, 2.45) is 0 Å². The first-order chi connectivity index (χ1) is 15.6. The molecule has 2 heterocycles. The number of hydrogen-bond acceptors (Lipinski definition) is 6. The molecule has 4 rings (SSSR count). The highest BCUT2D eigenvalue weighted by molar-refractivity contribution is 7.99. The van der Waals surface area contributed by atoms with E-state index >= 15 is 0 Å². The third-order valence-corrected chi connectivity index (χ3v) is 5.78. The molecule has 0 fully saturated rings. The smallest absolute Gasteiger partial charge is 0.234 e. The predicted octanol–water partition coefficient (Wildman–Crippen LogP) is 4.89. The fourth-order valence-electron chi connectivity index (χ4n) is 3.11. The van der Waals surface area contributed by atoms with Crippen LogP contribution in [0, 0.1) is 18.3 Å². The Hall–Kier alpha value is -3.67. The zero-order chi connectivity index (χ0) is 22.5. The van der Waals surface area contributed by atoms with Crippen LogP contribution >= 0.6 is 23.4 Å². The van der Waals surface area contributed by atoms with E-state index in [1.165, 1.54) is 11.8 Å². The normalized spacial score (nSPS) is 10.5. The second-order valence-electron chi connectivity index (χ2n) is 6.81. The lowest BCUT2D eigenvalue weighted by Gasteiger charge is -2.13. The number of anilines is 1. The van der Waals surface area contributed by atoms with Crippen LogP contribution in [0.4, 0.5) is 5.69 Å². The average molecular weight is 461 g/mol. The minimum absolute atomic E-state index is 0.0778. The van der Waals surface area contributed by atoms with Gasteiger partial charge in [-0.15, -0.1) is 10.2 Å². The molecule has 1 N–H and O–H groups in total. The Labute approximate surface area is 194 Å². The summed E-state index contributed by atoms with van der Waals surface area (Å²) in [6.45, 7) is 2.01. The second-order valence-corrected chi connectivity index (χ2v) is 8.19. The number of carbonyl (C=O) groups excluding carboxylic acids is 1. The number of thioether (sulfide) groups is 1. The second kappa shape index (κ2) is 9.64. The van der Waals surface area contributed by atoms with E-state index in [9.17, 15) is 10.1 Å². The summed E-state index contributed by atoms with van der Waals surface area (Å²) in [4.78, 5) is 16.8. The number of hydrogen-bond donors (Lipinski definition) is 1. The van der Waals surface area contributed by atoms with Crippen molar-refractivity contribution in [1.82, 2.24) is 19.7 Å². The summed E-state index contributed by atoms with van der Waals surface area (Å²) in [6, 6.07) is 18.4. The molecule has 0 aliphatic rings. The number of aromatic nitrogens is 4. The summed E-state index contributed by atoms with van der Waals surface area (Å²) in [6.07, 6.45) is 3.42. The number of rotatable bonds is 6. The van der Waals surface area contributed by atoms with Gasteiger partial charge in [-0.3, -0.25) is 14.3 Å². The molecule has 9 heteroatoms. The fourth-order valence-corrected chi connectivity index (χ4v) is 4.03. The molecule has 1 amide bonds. The monoisotopic (exact) mass is 460 g/mol. The molecule has 0 bridgehead atoms. The summed E-state index contributed by atoms with van der Waals surface area (Å²) in [5.74, 6) is 0.432. The molecule has 2 aromatic carbocycles. The van der Waals surface area contributed by atoms with E-state index in [-0.39, 0.29) is 11.7 Å². The van der Waals surface area contributed by atoms with Crippen LogP contribution in [0.15, 0.2) is 72.1 Å². The van der Waals surface area contributed by atoms with Gasteiger partial charge in [-0.05, 0) is 48.9 Å². The van der Waals surface area contributed by atoms with Crippen LogP contribution in [0.25, 0.3) is 17.1 Å². The first-order valence-corrected chi connectivity index (χ1v) is 11.0. The van der Waals surface area contributed by atoms with Gasteiger partial charge in [-0.1, -0.05) is 41.6 Å². The zero-order valence-electron chi connectivity index (χ0n) is 17.0. The van der Waals surface area contributed by atoms with Crippen LogP contribution < -0.4 is 5.32 Å². The van der Waals surface area contributed by atoms with Gasteiger partial charge in [0.05, 0.1) is 22.7 Å². The quantitative estimate of drug-likeness (QED) is 0.411. The highest BCUT2D eigenvalue weighted by Gasteiger charge is 2.19. The number of carbonyl (C=O) groups is 1. The van der Waals surface area contributed by atoms with Gasteiger partial charge in [0.15, 0.2) is 11.0 Å². The van der Waals surface area contributed by atoms with Crippen molar-refractivity contribution < 1.29 is 4.79 Å². The van der Waals surface area contributed by atoms with Gasteiger partial charge in [0.2, 0.25) is 5.91 Å². The van der Waals surface area contributed by atoms with Gasteiger partial charge in [0, 0.05) is 23.0 Å². The topological polar surface area (TPSA) is 96.5 Å². The van der Waals surface area contributed by atoms with E-state index in [0.717, 1.165) is 16.8 Å². The number of para-hydroxylation sites is 1. The molecule has 0 spiro atoms. The molecule has 32 heavy (non-hydrogen) atoms. The first kappa shape index (κ1) is 21.6. The van der Waals surface area contributed by atoms with Crippen molar-refractivity contribution in [3.63, 3.8) is 0 Å². The average Bonchev–Trinajstić information content (AvgIpc) is 3.22. The minimum atomic E-state index is -0.281. The van der Waals surface area contributed by atoms with E-state index in [1.807, 2.05) is 54.0 Å². The molecule has 0 saturated heterocycles. The summed E-state index contributed by atoms with van der Waals surface area (Å²) in [7, 11) is 0. The molecule has 2 aromatic heterocycles. The molecule has 4 aromatic rings. The molecule has 7 nitrogen and oxygen atoms in total. The van der Waals surface area contributed by atoms with Crippen molar-refractivity contribution in [2.75, 3.05) is 11.1 Å². The SMILES string of the molecule is Cc1ccccc1-n1c(SCC(=O)Nc2cc(Cl)ccc2C#N)nnc1-c1cccnc1. The lowest BCUT2D eigenvalue weighted by molar-refractivity contribution is -0.113. The van der Waals surface area contributed by atoms with Crippen LogP contribution in [0.5, 0.6) is 0 Å². The number of nitriles is 1. The molecule has 0 radical (unpaired) electrons. The summed E-state index contributed by atoms with van der Waals surface area (Å²) in [5, 5.41) is 21.7. The van der Waals surface area contributed by atoms with E-state index < -0.39 is 0 Å². The van der Waals surface area contributed by atoms with Gasteiger partial charge in [0.1, 0.15) is 6.07 Å². The van der Waals surface area contributed by atoms with Crippen molar-refractivity contribution in [3.8, 4) is 23.1 Å². The summed E-state index contributed by atoms with van der Waals surface area (Å²) < 4.78 is 1.92. The number of benzene rings is 2. The predicted molar refractivity (Wildman–Crippen MR) is 125 cm³/mol. The number of amides is 1. The van der Waals surface area contributed by atoms with Crippen LogP contribution in [0.1, 0.15) is 11.1 Å². The van der Waals surface area contributed by atoms with Gasteiger partial charge in [0.25, 0.3) is 0 Å². The third-order valence-electron chi connectivity index (χ3n) is 4.62. The number of nitrogens with one attached hydrogen (secondary N) is 1. The van der Waals surface area contributed by atoms with E-state index in [0.29, 0.717) is 27.3 Å². The lowest BCUT2D eigenvalue weighted by Crippen LogP contribution is -2.15. The van der Waals surface area contributed by atoms with Crippen LogP contribution in [-0.2, 0) is 4.79 Å². The maximum absolute atomic E-state index is 12.6. The van der Waals surface area contributed by atoms with Gasteiger partial charge >= 0.3 is 0 Å². The number of pyridine rings is 1. The van der Waals surface area contributed by atoms with Crippen LogP contribution in [0.2, 0.25) is 5.02 Å². The van der Waals surface area contributed by atoms with Crippen LogP contribution in [-0.4, -0.2) is 31.4 Å². The van der Waals surface area contributed by atoms with E-state index in [4.69, 9.17) is 11.6 Å². The van der Waals surface area contributed by atoms with Crippen LogP contribution in [0.3, 0.4) is 0 Å². The molecular weight excluding hydrogens is 444 g/mol. The van der Waals surface area contributed by atoms with Crippen molar-refractivity contribution in [1.29, 1.82) is 5.26 Å². The van der Waals surface area contributed by atoms with E-state index in [2.05, 4.69) is 20.5 Å². The maximum atomic E-state index is 12.6. The van der Waals surface area contributed by atoms with Gasteiger partial charge in [-0.25, -0.2) is 0 Å². The molecule has 0 saturated carbocycles. The van der Waals surface area contributed by atoms with Gasteiger partial charge < -0.3 is 5.32 Å². The Morgan fingerprint density at radius 3 is 2.78 bits per heavy atom. The lowest BCUT2D eigenvalue weighted by atomic mass is 10.2. The maximum Gasteiger partial charge on any atom is 0.234 e. The highest BCUT2D eigenvalue weighted by Crippen LogP contribution is 2.29. The molecule has 0 atom stereocenters. The Morgan fingerprint density at radius 1 is 1.19 bits per heavy atom. The molecule has 0 unspecified atom stereocenters. The Morgan fingerprint density at radius 2 is 2.03 bits per heavy atom. The summed E-state index contributed by atoms with van der Waals surface area (Å²) in [5.41, 5.74) is 3.50. The molecule has 158 valence electrons. The number of halogens is 1. The minimum Gasteiger partial charge on any atom is -0.324 e. The summed E-state index contributed by atoms with van der Waals surface area (Å²) >= 11 is 7.25. The zero-order valence-corrected chi connectivity index (χ0v) is 18.6. The fraction of sp³-hybridized carbons (Fsp3) is 0.0870. The first-order valence-electron chi connectivity index (χ1n) is 9.61. The van der Waals surface area contributed by atoms with Crippen molar-refractivity contribution in [3.05, 3.63) is 83.1 Å². The highest BCUT2D eigenvalue weighted by atomic mass is 35.5. The number of nitrogens with zero attached hydrogens (tertiary/aromatic N) is 5. The van der Waals surface area contributed by atoms with Crippen molar-refractivity contribution in [2.45, 2.75) is 12.1 Å².